The van der Waals surface area contributed by atoms with Crippen LogP contribution in [0.2, 0.25) is 0 Å². The Labute approximate surface area is 86.1 Å². The van der Waals surface area contributed by atoms with Crippen LogP contribution >= 0.6 is 0 Å². The zero-order chi connectivity index (χ0) is 10.6. The number of nitrogens with zero attached hydrogens (tertiary/aromatic N) is 2. The van der Waals surface area contributed by atoms with Gasteiger partial charge in [0.25, 0.3) is 0 Å². The molecule has 2 atom stereocenters. The average Bonchev–Trinajstić information content (AvgIpc) is 2.17. The lowest BCUT2D eigenvalue weighted by molar-refractivity contribution is 0.0405. The third-order valence-corrected chi connectivity index (χ3v) is 2.93. The first-order valence-electron chi connectivity index (χ1n) is 5.31. The molecule has 0 saturated carbocycles. The number of likely N-dealkylation sites (N-methyl/N-ethyl adjacent to an activating group) is 2. The van der Waals surface area contributed by atoms with E-state index in [1.165, 1.54) is 19.4 Å². The van der Waals surface area contributed by atoms with Crippen LogP contribution in [0.15, 0.2) is 0 Å². The summed E-state index contributed by atoms with van der Waals surface area (Å²) in [5, 5.41) is 18.1. The number of aliphatic hydroxyl groups is 2. The zero-order valence-corrected chi connectivity index (χ0v) is 9.19. The predicted octanol–water partition coefficient (Wildman–Crippen LogP) is -0.634. The van der Waals surface area contributed by atoms with Crippen molar-refractivity contribution in [2.45, 2.75) is 25.0 Å². The van der Waals surface area contributed by atoms with Crippen molar-refractivity contribution in [3.8, 4) is 0 Å². The highest BCUT2D eigenvalue weighted by molar-refractivity contribution is 4.78. The first kappa shape index (κ1) is 11.9. The Bertz CT molecular complexity index is 166. The summed E-state index contributed by atoms with van der Waals surface area (Å²) in [6.07, 6.45) is 1.81. The number of hydrogen-bond donors (Lipinski definition) is 2. The van der Waals surface area contributed by atoms with Gasteiger partial charge in [-0.2, -0.15) is 0 Å². The molecule has 1 rings (SSSR count). The van der Waals surface area contributed by atoms with Gasteiger partial charge in [0.1, 0.15) is 0 Å². The molecule has 0 spiro atoms. The van der Waals surface area contributed by atoms with Crippen molar-refractivity contribution in [2.24, 2.45) is 0 Å². The SMILES string of the molecule is CN1CCCC(N(C)CC(O)CO)C1. The Balaban J connectivity index is 2.31. The van der Waals surface area contributed by atoms with Crippen molar-refractivity contribution in [1.29, 1.82) is 0 Å². The van der Waals surface area contributed by atoms with E-state index in [1.54, 1.807) is 0 Å². The molecular formula is C10H22N2O2. The second kappa shape index (κ2) is 5.66. The van der Waals surface area contributed by atoms with E-state index in [2.05, 4.69) is 16.8 Å². The van der Waals surface area contributed by atoms with E-state index in [0.717, 1.165) is 6.54 Å². The molecule has 1 fully saturated rings. The molecule has 1 saturated heterocycles. The maximum absolute atomic E-state index is 9.32. The quantitative estimate of drug-likeness (QED) is 0.637. The third-order valence-electron chi connectivity index (χ3n) is 2.93. The summed E-state index contributed by atoms with van der Waals surface area (Å²) in [4.78, 5) is 4.46. The van der Waals surface area contributed by atoms with Crippen molar-refractivity contribution < 1.29 is 10.2 Å². The second-order valence-electron chi connectivity index (χ2n) is 4.33. The highest BCUT2D eigenvalue weighted by Crippen LogP contribution is 2.13. The summed E-state index contributed by atoms with van der Waals surface area (Å²) in [6.45, 7) is 2.66. The molecule has 4 heteroatoms. The fraction of sp³-hybridized carbons (Fsp3) is 1.00. The molecule has 0 amide bonds. The van der Waals surface area contributed by atoms with Crippen LogP contribution in [0.3, 0.4) is 0 Å². The third kappa shape index (κ3) is 3.53. The lowest BCUT2D eigenvalue weighted by Gasteiger charge is -2.36. The number of aliphatic hydroxyl groups excluding tert-OH is 2. The van der Waals surface area contributed by atoms with Gasteiger partial charge in [-0.15, -0.1) is 0 Å². The first-order chi connectivity index (χ1) is 6.63. The minimum absolute atomic E-state index is 0.146. The summed E-state index contributed by atoms with van der Waals surface area (Å²) in [5.74, 6) is 0. The van der Waals surface area contributed by atoms with Crippen LogP contribution in [-0.2, 0) is 0 Å². The van der Waals surface area contributed by atoms with Crippen LogP contribution in [0.1, 0.15) is 12.8 Å². The summed E-state index contributed by atoms with van der Waals surface area (Å²) in [5.41, 5.74) is 0. The molecule has 0 aliphatic carbocycles. The molecule has 0 aromatic carbocycles. The summed E-state index contributed by atoms with van der Waals surface area (Å²) in [7, 11) is 4.14. The Hall–Kier alpha value is -0.160. The summed E-state index contributed by atoms with van der Waals surface area (Å²) in [6, 6.07) is 0.523. The lowest BCUT2D eigenvalue weighted by Crippen LogP contribution is -2.47. The molecule has 1 heterocycles. The van der Waals surface area contributed by atoms with Gasteiger partial charge >= 0.3 is 0 Å². The predicted molar refractivity (Wildman–Crippen MR) is 56.2 cm³/mol. The minimum atomic E-state index is -0.604. The molecule has 84 valence electrons. The molecule has 0 bridgehead atoms. The molecule has 0 aromatic rings. The molecule has 2 N–H and O–H groups in total. The Kier molecular flexibility index (Phi) is 4.81. The van der Waals surface area contributed by atoms with Gasteiger partial charge in [0.05, 0.1) is 12.7 Å². The monoisotopic (exact) mass is 202 g/mol. The molecule has 0 radical (unpaired) electrons. The van der Waals surface area contributed by atoms with Gasteiger partial charge < -0.3 is 15.1 Å². The van der Waals surface area contributed by atoms with E-state index in [4.69, 9.17) is 5.11 Å². The molecule has 2 unspecified atom stereocenters. The van der Waals surface area contributed by atoms with Crippen molar-refractivity contribution in [2.75, 3.05) is 40.3 Å². The highest BCUT2D eigenvalue weighted by Gasteiger charge is 2.22. The highest BCUT2D eigenvalue weighted by atomic mass is 16.3. The molecule has 4 nitrogen and oxygen atoms in total. The zero-order valence-electron chi connectivity index (χ0n) is 9.19. The van der Waals surface area contributed by atoms with Crippen molar-refractivity contribution in [1.82, 2.24) is 9.80 Å². The molecule has 1 aliphatic rings. The number of rotatable bonds is 4. The largest absolute Gasteiger partial charge is 0.394 e. The van der Waals surface area contributed by atoms with E-state index < -0.39 is 6.10 Å². The maximum atomic E-state index is 9.32. The average molecular weight is 202 g/mol. The van der Waals surface area contributed by atoms with Gasteiger partial charge in [0, 0.05) is 19.1 Å². The number of hydrogen-bond acceptors (Lipinski definition) is 4. The maximum Gasteiger partial charge on any atom is 0.0897 e. The fourth-order valence-electron chi connectivity index (χ4n) is 2.04. The standard InChI is InChI=1S/C10H22N2O2/c1-11-5-3-4-9(6-11)12(2)7-10(14)8-13/h9-10,13-14H,3-8H2,1-2H3. The van der Waals surface area contributed by atoms with E-state index in [9.17, 15) is 5.11 Å². The van der Waals surface area contributed by atoms with E-state index in [0.29, 0.717) is 12.6 Å². The van der Waals surface area contributed by atoms with E-state index in [1.807, 2.05) is 7.05 Å². The second-order valence-corrected chi connectivity index (χ2v) is 4.33. The van der Waals surface area contributed by atoms with Crippen LogP contribution in [0.5, 0.6) is 0 Å². The smallest absolute Gasteiger partial charge is 0.0897 e. The summed E-state index contributed by atoms with van der Waals surface area (Å²) < 4.78 is 0. The first-order valence-corrected chi connectivity index (χ1v) is 5.31. The number of piperidine rings is 1. The van der Waals surface area contributed by atoms with Crippen LogP contribution in [0, 0.1) is 0 Å². The molecule has 0 aromatic heterocycles. The Morgan fingerprint density at radius 3 is 2.86 bits per heavy atom. The van der Waals surface area contributed by atoms with Gasteiger partial charge in [-0.25, -0.2) is 0 Å². The molecule has 1 aliphatic heterocycles. The van der Waals surface area contributed by atoms with Crippen molar-refractivity contribution in [3.63, 3.8) is 0 Å². The van der Waals surface area contributed by atoms with Crippen LogP contribution in [-0.4, -0.2) is 72.5 Å². The van der Waals surface area contributed by atoms with Gasteiger partial charge in [-0.3, -0.25) is 4.90 Å². The van der Waals surface area contributed by atoms with Gasteiger partial charge in [-0.05, 0) is 33.5 Å². The van der Waals surface area contributed by atoms with Crippen LogP contribution < -0.4 is 0 Å². The van der Waals surface area contributed by atoms with Gasteiger partial charge in [0.2, 0.25) is 0 Å². The van der Waals surface area contributed by atoms with Crippen molar-refractivity contribution >= 4 is 0 Å². The Morgan fingerprint density at radius 1 is 1.57 bits per heavy atom. The Morgan fingerprint density at radius 2 is 2.29 bits per heavy atom. The lowest BCUT2D eigenvalue weighted by atomic mass is 10.0. The summed E-state index contributed by atoms with van der Waals surface area (Å²) >= 11 is 0. The van der Waals surface area contributed by atoms with Crippen LogP contribution in [0.25, 0.3) is 0 Å². The number of likely N-dealkylation sites (tertiary alicyclic amines) is 1. The minimum Gasteiger partial charge on any atom is -0.394 e. The van der Waals surface area contributed by atoms with Gasteiger partial charge in [-0.1, -0.05) is 0 Å². The van der Waals surface area contributed by atoms with Gasteiger partial charge in [0.15, 0.2) is 0 Å². The molecular weight excluding hydrogens is 180 g/mol. The van der Waals surface area contributed by atoms with Crippen LogP contribution in [0.4, 0.5) is 0 Å². The topological polar surface area (TPSA) is 46.9 Å². The van der Waals surface area contributed by atoms with E-state index in [-0.39, 0.29) is 6.61 Å². The van der Waals surface area contributed by atoms with Crippen molar-refractivity contribution in [3.05, 3.63) is 0 Å². The molecule has 14 heavy (non-hydrogen) atoms. The van der Waals surface area contributed by atoms with E-state index >= 15 is 0 Å². The normalized spacial score (nSPS) is 26.8. The fourth-order valence-corrected chi connectivity index (χ4v) is 2.04.